The van der Waals surface area contributed by atoms with Crippen molar-refractivity contribution < 1.29 is 19.1 Å². The molecular formula is C19H28N2O4. The third-order valence-electron chi connectivity index (χ3n) is 3.45. The van der Waals surface area contributed by atoms with Gasteiger partial charge in [-0.25, -0.2) is 4.79 Å². The van der Waals surface area contributed by atoms with Gasteiger partial charge in [0, 0.05) is 24.1 Å². The largest absolute Gasteiger partial charge is 0.462 e. The molecule has 0 saturated carbocycles. The maximum Gasteiger partial charge on any atom is 0.338 e. The molecule has 2 N–H and O–H groups in total. The Balaban J connectivity index is 2.40. The Morgan fingerprint density at radius 3 is 2.28 bits per heavy atom. The van der Waals surface area contributed by atoms with Gasteiger partial charge in [-0.2, -0.15) is 0 Å². The van der Waals surface area contributed by atoms with Crippen LogP contribution in [0, 0.1) is 5.41 Å². The van der Waals surface area contributed by atoms with E-state index in [1.165, 1.54) is 0 Å². The van der Waals surface area contributed by atoms with E-state index in [1.54, 1.807) is 24.3 Å². The third kappa shape index (κ3) is 7.83. The fourth-order valence-electron chi connectivity index (χ4n) is 1.86. The number of nitrogens with one attached hydrogen (secondary N) is 2. The van der Waals surface area contributed by atoms with E-state index in [-0.39, 0.29) is 30.7 Å². The van der Waals surface area contributed by atoms with E-state index in [1.807, 2.05) is 27.7 Å². The van der Waals surface area contributed by atoms with Gasteiger partial charge in [0.1, 0.15) is 0 Å². The molecule has 6 nitrogen and oxygen atoms in total. The van der Waals surface area contributed by atoms with Crippen molar-refractivity contribution in [3.8, 4) is 0 Å². The average molecular weight is 348 g/mol. The number of carbonyl (C=O) groups excluding carboxylic acids is 3. The van der Waals surface area contributed by atoms with Crippen LogP contribution in [0.25, 0.3) is 0 Å². The van der Waals surface area contributed by atoms with Crippen molar-refractivity contribution >= 4 is 23.5 Å². The first kappa shape index (κ1) is 20.7. The second-order valence-corrected chi connectivity index (χ2v) is 6.87. The molecule has 0 aromatic heterocycles. The van der Waals surface area contributed by atoms with Crippen molar-refractivity contribution in [3.05, 3.63) is 29.8 Å². The Kier molecular flexibility index (Phi) is 8.11. The van der Waals surface area contributed by atoms with Gasteiger partial charge in [0.15, 0.2) is 0 Å². The predicted molar refractivity (Wildman–Crippen MR) is 97.3 cm³/mol. The number of esters is 1. The number of hydrogen-bond acceptors (Lipinski definition) is 4. The molecule has 0 bridgehead atoms. The molecule has 0 saturated heterocycles. The minimum atomic E-state index is -0.474. The van der Waals surface area contributed by atoms with Gasteiger partial charge in [-0.1, -0.05) is 34.1 Å². The van der Waals surface area contributed by atoms with Crippen molar-refractivity contribution in [1.82, 2.24) is 5.32 Å². The van der Waals surface area contributed by atoms with Gasteiger partial charge < -0.3 is 15.4 Å². The van der Waals surface area contributed by atoms with E-state index < -0.39 is 5.41 Å². The lowest BCUT2D eigenvalue weighted by molar-refractivity contribution is -0.128. The molecule has 6 heteroatoms. The number of anilines is 1. The van der Waals surface area contributed by atoms with Gasteiger partial charge in [0.25, 0.3) is 0 Å². The predicted octanol–water partition coefficient (Wildman–Crippen LogP) is 3.13. The van der Waals surface area contributed by atoms with Crippen LogP contribution in [0.4, 0.5) is 5.69 Å². The average Bonchev–Trinajstić information content (AvgIpc) is 2.54. The van der Waals surface area contributed by atoms with Gasteiger partial charge in [-0.05, 0) is 30.7 Å². The highest BCUT2D eigenvalue weighted by molar-refractivity contribution is 5.93. The summed E-state index contributed by atoms with van der Waals surface area (Å²) in [4.78, 5) is 35.4. The zero-order valence-electron chi connectivity index (χ0n) is 15.5. The van der Waals surface area contributed by atoms with Crippen LogP contribution in [-0.4, -0.2) is 30.9 Å². The minimum Gasteiger partial charge on any atom is -0.462 e. The molecule has 0 aliphatic rings. The zero-order valence-corrected chi connectivity index (χ0v) is 15.5. The highest BCUT2D eigenvalue weighted by Gasteiger charge is 2.20. The van der Waals surface area contributed by atoms with Crippen LogP contribution in [0.1, 0.15) is 57.3 Å². The number of amides is 2. The first-order valence-corrected chi connectivity index (χ1v) is 8.59. The summed E-state index contributed by atoms with van der Waals surface area (Å²) < 4.78 is 5.13. The molecule has 0 heterocycles. The molecule has 0 unspecified atom stereocenters. The molecule has 138 valence electrons. The molecule has 1 rings (SSSR count). The lowest BCUT2D eigenvalue weighted by atomic mass is 9.96. The number of unbranched alkanes of at least 4 members (excludes halogenated alkanes) is 1. The molecule has 0 aliphatic carbocycles. The molecule has 1 aromatic carbocycles. The summed E-state index contributed by atoms with van der Waals surface area (Å²) in [5.74, 6) is -0.657. The van der Waals surface area contributed by atoms with Gasteiger partial charge in [0.2, 0.25) is 11.8 Å². The van der Waals surface area contributed by atoms with Crippen molar-refractivity contribution in [1.29, 1.82) is 0 Å². The first-order chi connectivity index (χ1) is 11.7. The van der Waals surface area contributed by atoms with Crippen LogP contribution in [-0.2, 0) is 14.3 Å². The normalized spacial score (nSPS) is 10.9. The monoisotopic (exact) mass is 348 g/mol. The quantitative estimate of drug-likeness (QED) is 0.558. The minimum absolute atomic E-state index is 0.0914. The highest BCUT2D eigenvalue weighted by Crippen LogP contribution is 2.13. The summed E-state index contributed by atoms with van der Waals surface area (Å²) in [6.45, 7) is 8.17. The van der Waals surface area contributed by atoms with E-state index in [9.17, 15) is 14.4 Å². The Labute approximate surface area is 149 Å². The Morgan fingerprint density at radius 2 is 1.72 bits per heavy atom. The lowest BCUT2D eigenvalue weighted by Gasteiger charge is -2.17. The van der Waals surface area contributed by atoms with Gasteiger partial charge >= 0.3 is 5.97 Å². The second kappa shape index (κ2) is 9.81. The molecule has 25 heavy (non-hydrogen) atoms. The van der Waals surface area contributed by atoms with Crippen LogP contribution in [0.2, 0.25) is 0 Å². The van der Waals surface area contributed by atoms with E-state index in [0.29, 0.717) is 17.9 Å². The molecule has 2 amide bonds. The molecule has 0 fully saturated rings. The molecular weight excluding hydrogens is 320 g/mol. The summed E-state index contributed by atoms with van der Waals surface area (Å²) in [5, 5.41) is 5.46. The van der Waals surface area contributed by atoms with Crippen molar-refractivity contribution in [2.75, 3.05) is 18.5 Å². The van der Waals surface area contributed by atoms with Crippen molar-refractivity contribution in [3.63, 3.8) is 0 Å². The highest BCUT2D eigenvalue weighted by atomic mass is 16.5. The van der Waals surface area contributed by atoms with Gasteiger partial charge in [-0.3, -0.25) is 9.59 Å². The fourth-order valence-corrected chi connectivity index (χ4v) is 1.86. The topological polar surface area (TPSA) is 84.5 Å². The lowest BCUT2D eigenvalue weighted by Crippen LogP contribution is -2.36. The van der Waals surface area contributed by atoms with Crippen molar-refractivity contribution in [2.45, 2.75) is 47.0 Å². The third-order valence-corrected chi connectivity index (χ3v) is 3.45. The van der Waals surface area contributed by atoms with E-state index in [2.05, 4.69) is 10.6 Å². The van der Waals surface area contributed by atoms with Crippen LogP contribution in [0.5, 0.6) is 0 Å². The number of carbonyl (C=O) groups is 3. The zero-order chi connectivity index (χ0) is 18.9. The van der Waals surface area contributed by atoms with E-state index in [0.717, 1.165) is 12.8 Å². The standard InChI is InChI=1S/C19H28N2O4/c1-5-6-13-25-17(23)14-7-9-15(10-8-14)21-16(22)11-12-20-18(24)19(2,3)4/h7-10H,5-6,11-13H2,1-4H3,(H,20,24)(H,21,22). The number of benzene rings is 1. The number of ether oxygens (including phenoxy) is 1. The first-order valence-electron chi connectivity index (χ1n) is 8.59. The maximum atomic E-state index is 11.9. The van der Waals surface area contributed by atoms with Gasteiger partial charge in [0.05, 0.1) is 12.2 Å². The molecule has 0 spiro atoms. The molecule has 0 radical (unpaired) electrons. The Hall–Kier alpha value is -2.37. The van der Waals surface area contributed by atoms with Gasteiger partial charge in [-0.15, -0.1) is 0 Å². The maximum absolute atomic E-state index is 11.9. The van der Waals surface area contributed by atoms with Crippen LogP contribution in [0.3, 0.4) is 0 Å². The number of hydrogen-bond donors (Lipinski definition) is 2. The van der Waals surface area contributed by atoms with Crippen LogP contribution >= 0.6 is 0 Å². The molecule has 0 aliphatic heterocycles. The molecule has 0 atom stereocenters. The SMILES string of the molecule is CCCCOC(=O)c1ccc(NC(=O)CCNC(=O)C(C)(C)C)cc1. The summed E-state index contributed by atoms with van der Waals surface area (Å²) in [6, 6.07) is 6.54. The fraction of sp³-hybridized carbons (Fsp3) is 0.526. The summed E-state index contributed by atoms with van der Waals surface area (Å²) >= 11 is 0. The molecule has 1 aromatic rings. The van der Waals surface area contributed by atoms with Crippen LogP contribution < -0.4 is 10.6 Å². The summed E-state index contributed by atoms with van der Waals surface area (Å²) in [6.07, 6.45) is 1.99. The van der Waals surface area contributed by atoms with Crippen LogP contribution in [0.15, 0.2) is 24.3 Å². The second-order valence-electron chi connectivity index (χ2n) is 6.87. The summed E-state index contributed by atoms with van der Waals surface area (Å²) in [7, 11) is 0. The Morgan fingerprint density at radius 1 is 1.08 bits per heavy atom. The van der Waals surface area contributed by atoms with Crippen molar-refractivity contribution in [2.24, 2.45) is 5.41 Å². The smallest absolute Gasteiger partial charge is 0.338 e. The van der Waals surface area contributed by atoms with E-state index >= 15 is 0 Å². The van der Waals surface area contributed by atoms with E-state index in [4.69, 9.17) is 4.74 Å². The summed E-state index contributed by atoms with van der Waals surface area (Å²) in [5.41, 5.74) is 0.571. The Bertz CT molecular complexity index is 588. The number of rotatable bonds is 8.